The van der Waals surface area contributed by atoms with E-state index in [4.69, 9.17) is 18.6 Å². The molecule has 0 saturated heterocycles. The lowest BCUT2D eigenvalue weighted by atomic mass is 10.2. The van der Waals surface area contributed by atoms with Gasteiger partial charge in [0.1, 0.15) is 18.9 Å². The first-order chi connectivity index (χ1) is 12.6. The van der Waals surface area contributed by atoms with Gasteiger partial charge in [0.25, 0.3) is 5.91 Å². The molecular weight excluding hydrogens is 346 g/mol. The minimum atomic E-state index is -0.657. The zero-order chi connectivity index (χ0) is 18.5. The molecule has 0 unspecified atom stereocenters. The summed E-state index contributed by atoms with van der Waals surface area (Å²) in [6.45, 7) is -0.384. The Kier molecular flexibility index (Phi) is 5.07. The molecule has 136 valence electrons. The van der Waals surface area contributed by atoms with Crippen molar-refractivity contribution in [3.8, 4) is 11.5 Å². The first kappa shape index (κ1) is 17.3. The number of hydrogen-bond donors (Lipinski definition) is 1. The van der Waals surface area contributed by atoms with E-state index in [1.165, 1.54) is 25.3 Å². The molecule has 26 heavy (non-hydrogen) atoms. The molecule has 1 aliphatic heterocycles. The molecule has 0 saturated carbocycles. The lowest BCUT2D eigenvalue weighted by Crippen LogP contribution is -2.30. The minimum Gasteiger partial charge on any atom is -0.463 e. The monoisotopic (exact) mass is 361 g/mol. The summed E-state index contributed by atoms with van der Waals surface area (Å²) in [7, 11) is 1.23. The first-order valence-corrected chi connectivity index (χ1v) is 7.57. The number of amides is 1. The normalized spacial score (nSPS) is 11.7. The van der Waals surface area contributed by atoms with Gasteiger partial charge in [-0.25, -0.2) is 4.79 Å². The van der Waals surface area contributed by atoms with Crippen LogP contribution < -0.4 is 14.8 Å². The van der Waals surface area contributed by atoms with E-state index in [-0.39, 0.29) is 31.5 Å². The molecule has 9 heteroatoms. The molecule has 1 N–H and O–H groups in total. The number of ether oxygens (including phenoxy) is 4. The maximum atomic E-state index is 12.0. The number of esters is 2. The van der Waals surface area contributed by atoms with Crippen LogP contribution in [0.1, 0.15) is 26.7 Å². The van der Waals surface area contributed by atoms with E-state index < -0.39 is 17.8 Å². The Labute approximate surface area is 147 Å². The molecule has 0 fully saturated rings. The second kappa shape index (κ2) is 7.60. The third-order valence-electron chi connectivity index (χ3n) is 3.45. The molecule has 0 atom stereocenters. The molecule has 0 radical (unpaired) electrons. The van der Waals surface area contributed by atoms with Gasteiger partial charge in [-0.05, 0) is 30.3 Å². The van der Waals surface area contributed by atoms with Crippen LogP contribution in [-0.2, 0) is 20.9 Å². The van der Waals surface area contributed by atoms with Crippen LogP contribution in [0.4, 0.5) is 0 Å². The Balaban J connectivity index is 1.46. The Morgan fingerprint density at radius 3 is 2.73 bits per heavy atom. The van der Waals surface area contributed by atoms with Crippen molar-refractivity contribution < 1.29 is 37.7 Å². The van der Waals surface area contributed by atoms with Gasteiger partial charge in [0, 0.05) is 5.56 Å². The van der Waals surface area contributed by atoms with Crippen LogP contribution in [0.3, 0.4) is 0 Å². The van der Waals surface area contributed by atoms with Gasteiger partial charge < -0.3 is 28.7 Å². The van der Waals surface area contributed by atoms with Crippen LogP contribution in [-0.4, -0.2) is 38.3 Å². The van der Waals surface area contributed by atoms with Gasteiger partial charge in [0.05, 0.1) is 7.11 Å². The fourth-order valence-corrected chi connectivity index (χ4v) is 2.16. The molecule has 0 aliphatic carbocycles. The van der Waals surface area contributed by atoms with Gasteiger partial charge >= 0.3 is 11.9 Å². The average molecular weight is 361 g/mol. The lowest BCUT2D eigenvalue weighted by molar-refractivity contribution is -0.144. The van der Waals surface area contributed by atoms with E-state index in [0.29, 0.717) is 17.1 Å². The van der Waals surface area contributed by atoms with E-state index in [1.54, 1.807) is 12.1 Å². The summed E-state index contributed by atoms with van der Waals surface area (Å²) in [5.74, 6) is -0.416. The summed E-state index contributed by atoms with van der Waals surface area (Å²) < 4.78 is 25.0. The average Bonchev–Trinajstić information content (AvgIpc) is 3.32. The number of fused-ring (bicyclic) bond motifs is 1. The molecule has 3 rings (SSSR count). The molecule has 0 spiro atoms. The van der Waals surface area contributed by atoms with Crippen molar-refractivity contribution in [1.29, 1.82) is 0 Å². The van der Waals surface area contributed by atoms with Gasteiger partial charge in [0.15, 0.2) is 11.5 Å². The summed E-state index contributed by atoms with van der Waals surface area (Å²) in [5.41, 5.74) is 0.329. The topological polar surface area (TPSA) is 113 Å². The van der Waals surface area contributed by atoms with Crippen LogP contribution >= 0.6 is 0 Å². The molecule has 9 nitrogen and oxygen atoms in total. The van der Waals surface area contributed by atoms with Gasteiger partial charge in [-0.3, -0.25) is 9.59 Å². The Morgan fingerprint density at radius 1 is 1.12 bits per heavy atom. The number of carbonyl (C=O) groups excluding carboxylic acids is 3. The highest BCUT2D eigenvalue weighted by molar-refractivity contribution is 5.96. The third-order valence-corrected chi connectivity index (χ3v) is 3.45. The molecule has 1 amide bonds. The first-order valence-electron chi connectivity index (χ1n) is 7.57. The zero-order valence-corrected chi connectivity index (χ0v) is 13.8. The van der Waals surface area contributed by atoms with E-state index in [0.717, 1.165) is 0 Å². The SMILES string of the molecule is COC(=O)c1ccc(COC(=O)CNC(=O)c2ccc3c(c2)OCO3)o1. The smallest absolute Gasteiger partial charge is 0.373 e. The Hall–Kier alpha value is -3.49. The minimum absolute atomic E-state index is 0.00894. The summed E-state index contributed by atoms with van der Waals surface area (Å²) in [6.07, 6.45) is 0. The van der Waals surface area contributed by atoms with Crippen LogP contribution in [0.15, 0.2) is 34.7 Å². The number of rotatable bonds is 6. The van der Waals surface area contributed by atoms with Crippen molar-refractivity contribution in [3.63, 3.8) is 0 Å². The number of furan rings is 1. The van der Waals surface area contributed by atoms with Crippen LogP contribution in [0.25, 0.3) is 0 Å². The van der Waals surface area contributed by atoms with Gasteiger partial charge in [-0.2, -0.15) is 0 Å². The molecular formula is C17H15NO8. The molecule has 2 aromatic rings. The van der Waals surface area contributed by atoms with Crippen LogP contribution in [0.2, 0.25) is 0 Å². The largest absolute Gasteiger partial charge is 0.463 e. The molecule has 1 aromatic heterocycles. The van der Waals surface area contributed by atoms with E-state index >= 15 is 0 Å². The molecule has 1 aliphatic rings. The number of hydrogen-bond acceptors (Lipinski definition) is 8. The highest BCUT2D eigenvalue weighted by Crippen LogP contribution is 2.32. The summed E-state index contributed by atoms with van der Waals surface area (Å²) in [4.78, 5) is 35.0. The zero-order valence-electron chi connectivity index (χ0n) is 13.8. The van der Waals surface area contributed by atoms with Crippen molar-refractivity contribution in [2.24, 2.45) is 0 Å². The van der Waals surface area contributed by atoms with Crippen molar-refractivity contribution in [2.75, 3.05) is 20.4 Å². The fourth-order valence-electron chi connectivity index (χ4n) is 2.16. The predicted octanol–water partition coefficient (Wildman–Crippen LogP) is 1.27. The Bertz CT molecular complexity index is 841. The van der Waals surface area contributed by atoms with Gasteiger partial charge in [0.2, 0.25) is 12.6 Å². The molecule has 2 heterocycles. The van der Waals surface area contributed by atoms with Crippen LogP contribution in [0, 0.1) is 0 Å². The summed E-state index contributed by atoms with van der Waals surface area (Å²) in [5, 5.41) is 2.44. The summed E-state index contributed by atoms with van der Waals surface area (Å²) >= 11 is 0. The highest BCUT2D eigenvalue weighted by atomic mass is 16.7. The van der Waals surface area contributed by atoms with Crippen molar-refractivity contribution in [1.82, 2.24) is 5.32 Å². The number of carbonyl (C=O) groups is 3. The maximum Gasteiger partial charge on any atom is 0.373 e. The standard InChI is InChI=1S/C17H15NO8/c1-22-17(21)13-5-3-11(26-13)8-23-15(19)7-18-16(20)10-2-4-12-14(6-10)25-9-24-12/h2-6H,7-9H2,1H3,(H,18,20). The maximum absolute atomic E-state index is 12.0. The highest BCUT2D eigenvalue weighted by Gasteiger charge is 2.17. The molecule has 1 aromatic carbocycles. The number of nitrogens with one attached hydrogen (secondary N) is 1. The lowest BCUT2D eigenvalue weighted by Gasteiger charge is -2.06. The van der Waals surface area contributed by atoms with Crippen LogP contribution in [0.5, 0.6) is 11.5 Å². The number of benzene rings is 1. The predicted molar refractivity (Wildman–Crippen MR) is 84.7 cm³/mol. The van der Waals surface area contributed by atoms with E-state index in [2.05, 4.69) is 10.1 Å². The van der Waals surface area contributed by atoms with E-state index in [9.17, 15) is 14.4 Å². The fraction of sp³-hybridized carbons (Fsp3) is 0.235. The summed E-state index contributed by atoms with van der Waals surface area (Å²) in [6, 6.07) is 7.61. The second-order valence-electron chi connectivity index (χ2n) is 5.17. The van der Waals surface area contributed by atoms with Crippen molar-refractivity contribution in [2.45, 2.75) is 6.61 Å². The van der Waals surface area contributed by atoms with Crippen molar-refractivity contribution >= 4 is 17.8 Å². The quantitative estimate of drug-likeness (QED) is 0.765. The van der Waals surface area contributed by atoms with Crippen molar-refractivity contribution in [3.05, 3.63) is 47.4 Å². The Morgan fingerprint density at radius 2 is 1.92 bits per heavy atom. The number of methoxy groups -OCH3 is 1. The van der Waals surface area contributed by atoms with Gasteiger partial charge in [-0.1, -0.05) is 0 Å². The molecule has 0 bridgehead atoms. The van der Waals surface area contributed by atoms with Gasteiger partial charge in [-0.15, -0.1) is 0 Å². The van der Waals surface area contributed by atoms with E-state index in [1.807, 2.05) is 0 Å². The third kappa shape index (κ3) is 3.94. The second-order valence-corrected chi connectivity index (χ2v) is 5.17.